The van der Waals surface area contributed by atoms with Gasteiger partial charge in [-0.05, 0) is 86.5 Å². The van der Waals surface area contributed by atoms with Crippen LogP contribution in [0.4, 0.5) is 4.79 Å². The number of rotatable bonds is 3. The van der Waals surface area contributed by atoms with Crippen LogP contribution < -0.4 is 5.73 Å². The predicted octanol–water partition coefficient (Wildman–Crippen LogP) is 4.45. The second-order valence-corrected chi connectivity index (χ2v) is 8.80. The molecule has 1 aromatic carbocycles. The SMILES string of the molecule is C=CC(=O)O[C@H]1CC[C@H]2[C@@H]3CCc4cc(O)ccc4[C@H]3CC[C@]12C.CCOC(N)=O. The lowest BCUT2D eigenvalue weighted by molar-refractivity contribution is -0.151. The van der Waals surface area contributed by atoms with Crippen LogP contribution in [-0.4, -0.2) is 29.9 Å². The number of carbonyl (C=O) groups is 2. The second kappa shape index (κ2) is 9.11. The van der Waals surface area contributed by atoms with Crippen LogP contribution in [-0.2, 0) is 20.7 Å². The first kappa shape index (κ1) is 22.2. The second-order valence-electron chi connectivity index (χ2n) is 8.80. The van der Waals surface area contributed by atoms with Gasteiger partial charge >= 0.3 is 12.1 Å². The molecule has 2 saturated carbocycles. The molecule has 0 aliphatic heterocycles. The van der Waals surface area contributed by atoms with Gasteiger partial charge in [0.05, 0.1) is 6.61 Å². The van der Waals surface area contributed by atoms with Gasteiger partial charge in [0.1, 0.15) is 11.9 Å². The minimum atomic E-state index is -0.711. The molecule has 3 N–H and O–H groups in total. The van der Waals surface area contributed by atoms with Crippen LogP contribution in [0.15, 0.2) is 30.9 Å². The van der Waals surface area contributed by atoms with E-state index < -0.39 is 6.09 Å². The van der Waals surface area contributed by atoms with Crippen molar-refractivity contribution in [1.82, 2.24) is 0 Å². The normalized spacial score (nSPS) is 31.1. The maximum absolute atomic E-state index is 11.7. The number of esters is 1. The van der Waals surface area contributed by atoms with E-state index in [4.69, 9.17) is 4.74 Å². The first-order valence-electron chi connectivity index (χ1n) is 10.9. The number of aryl methyl sites for hydroxylation is 1. The van der Waals surface area contributed by atoms with Gasteiger partial charge in [0.25, 0.3) is 0 Å². The van der Waals surface area contributed by atoms with Gasteiger partial charge in [-0.2, -0.15) is 0 Å². The number of phenols is 1. The molecule has 0 unspecified atom stereocenters. The fraction of sp³-hybridized carbons (Fsp3) is 0.583. The van der Waals surface area contributed by atoms with Crippen LogP contribution >= 0.6 is 0 Å². The Morgan fingerprint density at radius 2 is 2.07 bits per heavy atom. The van der Waals surface area contributed by atoms with Crippen molar-refractivity contribution in [3.8, 4) is 5.75 Å². The lowest BCUT2D eigenvalue weighted by atomic mass is 9.55. The van der Waals surface area contributed by atoms with Crippen molar-refractivity contribution in [1.29, 1.82) is 0 Å². The number of hydrogen-bond acceptors (Lipinski definition) is 5. The molecule has 30 heavy (non-hydrogen) atoms. The quantitative estimate of drug-likeness (QED) is 0.561. The summed E-state index contributed by atoms with van der Waals surface area (Å²) >= 11 is 0. The number of amides is 1. The van der Waals surface area contributed by atoms with Gasteiger partial charge in [-0.25, -0.2) is 9.59 Å². The summed E-state index contributed by atoms with van der Waals surface area (Å²) in [7, 11) is 0. The zero-order valence-corrected chi connectivity index (χ0v) is 17.9. The third-order valence-electron chi connectivity index (χ3n) is 7.33. The Hall–Kier alpha value is -2.50. The number of carbonyl (C=O) groups excluding carboxylic acids is 2. The Bertz CT molecular complexity index is 807. The average Bonchev–Trinajstić information content (AvgIpc) is 3.04. The zero-order valence-electron chi connectivity index (χ0n) is 17.9. The highest BCUT2D eigenvalue weighted by molar-refractivity contribution is 5.81. The maximum Gasteiger partial charge on any atom is 0.404 e. The first-order chi connectivity index (χ1) is 14.3. The van der Waals surface area contributed by atoms with E-state index in [-0.39, 0.29) is 17.5 Å². The van der Waals surface area contributed by atoms with Gasteiger partial charge in [0, 0.05) is 11.5 Å². The van der Waals surface area contributed by atoms with Crippen LogP contribution in [0.5, 0.6) is 5.75 Å². The van der Waals surface area contributed by atoms with E-state index in [1.165, 1.54) is 23.6 Å². The fourth-order valence-electron chi connectivity index (χ4n) is 6.04. The Morgan fingerprint density at radius 1 is 1.30 bits per heavy atom. The summed E-state index contributed by atoms with van der Waals surface area (Å²) in [5.74, 6) is 1.99. The van der Waals surface area contributed by atoms with Crippen molar-refractivity contribution in [2.75, 3.05) is 6.61 Å². The highest BCUT2D eigenvalue weighted by atomic mass is 16.5. The molecule has 3 aliphatic carbocycles. The van der Waals surface area contributed by atoms with Crippen LogP contribution in [0, 0.1) is 17.3 Å². The van der Waals surface area contributed by atoms with Gasteiger partial charge in [0.15, 0.2) is 0 Å². The molecule has 2 fully saturated rings. The van der Waals surface area contributed by atoms with Crippen LogP contribution in [0.3, 0.4) is 0 Å². The average molecular weight is 416 g/mol. The molecule has 5 atom stereocenters. The molecule has 3 aliphatic rings. The molecule has 1 amide bonds. The van der Waals surface area contributed by atoms with Gasteiger partial charge in [-0.3, -0.25) is 0 Å². The number of primary amides is 1. The third-order valence-corrected chi connectivity index (χ3v) is 7.33. The summed E-state index contributed by atoms with van der Waals surface area (Å²) in [4.78, 5) is 21.3. The van der Waals surface area contributed by atoms with Crippen molar-refractivity contribution < 1.29 is 24.2 Å². The van der Waals surface area contributed by atoms with Crippen LogP contribution in [0.2, 0.25) is 0 Å². The molecule has 164 valence electrons. The molecule has 0 radical (unpaired) electrons. The van der Waals surface area contributed by atoms with E-state index in [0.29, 0.717) is 30.1 Å². The monoisotopic (exact) mass is 415 g/mol. The van der Waals surface area contributed by atoms with Gasteiger partial charge in [-0.15, -0.1) is 0 Å². The topological polar surface area (TPSA) is 98.8 Å². The molecular weight excluding hydrogens is 382 g/mol. The molecular formula is C24H33NO5. The molecule has 1 aromatic rings. The highest BCUT2D eigenvalue weighted by Crippen LogP contribution is 2.61. The largest absolute Gasteiger partial charge is 0.508 e. The number of ether oxygens (including phenoxy) is 2. The predicted molar refractivity (Wildman–Crippen MR) is 114 cm³/mol. The number of aromatic hydroxyl groups is 1. The van der Waals surface area contributed by atoms with Crippen molar-refractivity contribution in [3.05, 3.63) is 42.0 Å². The van der Waals surface area contributed by atoms with Gasteiger partial charge in [0.2, 0.25) is 0 Å². The van der Waals surface area contributed by atoms with Crippen LogP contribution in [0.1, 0.15) is 63.0 Å². The highest BCUT2D eigenvalue weighted by Gasteiger charge is 2.56. The summed E-state index contributed by atoms with van der Waals surface area (Å²) < 4.78 is 9.89. The summed E-state index contributed by atoms with van der Waals surface area (Å²) in [5.41, 5.74) is 7.42. The Morgan fingerprint density at radius 3 is 2.70 bits per heavy atom. The molecule has 6 nitrogen and oxygen atoms in total. The zero-order chi connectivity index (χ0) is 21.9. The van der Waals surface area contributed by atoms with E-state index in [1.807, 2.05) is 12.1 Å². The molecule has 0 heterocycles. The molecule has 4 rings (SSSR count). The summed E-state index contributed by atoms with van der Waals surface area (Å²) in [5, 5.41) is 9.76. The number of fused-ring (bicyclic) bond motifs is 5. The number of nitrogens with two attached hydrogens (primary N) is 1. The molecule has 0 aromatic heterocycles. The minimum Gasteiger partial charge on any atom is -0.508 e. The third kappa shape index (κ3) is 4.32. The summed E-state index contributed by atoms with van der Waals surface area (Å²) in [6.07, 6.45) is 7.23. The minimum absolute atomic E-state index is 0.0372. The summed E-state index contributed by atoms with van der Waals surface area (Å²) in [6.45, 7) is 7.92. The standard InChI is InChI=1S/C21H26O3.C3H7NO2/c1-3-20(23)24-19-9-8-18-17-6-4-13-12-14(22)5-7-15(13)16(17)10-11-21(18,19)2;1-2-6-3(4)5/h3,5,7,12,16-19,22H,1,4,6,8-11H2,2H3;2H2,1H3,(H2,4,5)/t16-,17-,18+,19+,21+;/m1./s1. The van der Waals surface area contributed by atoms with Crippen molar-refractivity contribution in [3.63, 3.8) is 0 Å². The lowest BCUT2D eigenvalue weighted by Crippen LogP contribution is -2.45. The van der Waals surface area contributed by atoms with E-state index in [0.717, 1.165) is 32.1 Å². The Labute approximate surface area is 178 Å². The van der Waals surface area contributed by atoms with E-state index in [1.54, 1.807) is 6.92 Å². The fourth-order valence-corrected chi connectivity index (χ4v) is 6.04. The Balaban J connectivity index is 0.000000377. The van der Waals surface area contributed by atoms with Gasteiger partial charge < -0.3 is 20.3 Å². The van der Waals surface area contributed by atoms with Crippen molar-refractivity contribution in [2.24, 2.45) is 23.0 Å². The maximum atomic E-state index is 11.7. The molecule has 6 heteroatoms. The van der Waals surface area contributed by atoms with E-state index in [9.17, 15) is 14.7 Å². The van der Waals surface area contributed by atoms with Crippen LogP contribution in [0.25, 0.3) is 0 Å². The molecule has 0 spiro atoms. The molecule has 0 saturated heterocycles. The van der Waals surface area contributed by atoms with Gasteiger partial charge in [-0.1, -0.05) is 19.6 Å². The number of hydrogen-bond donors (Lipinski definition) is 2. The molecule has 0 bridgehead atoms. The van der Waals surface area contributed by atoms with E-state index >= 15 is 0 Å². The first-order valence-corrected chi connectivity index (χ1v) is 10.9. The number of benzene rings is 1. The van der Waals surface area contributed by atoms with Crippen molar-refractivity contribution >= 4 is 12.1 Å². The smallest absolute Gasteiger partial charge is 0.404 e. The summed E-state index contributed by atoms with van der Waals surface area (Å²) in [6, 6.07) is 5.91. The lowest BCUT2D eigenvalue weighted by Gasteiger charge is -2.50. The van der Waals surface area contributed by atoms with E-state index in [2.05, 4.69) is 30.0 Å². The number of phenolic OH excluding ortho intramolecular Hbond substituents is 1. The van der Waals surface area contributed by atoms with Crippen molar-refractivity contribution in [2.45, 2.75) is 64.4 Å². The Kier molecular flexibility index (Phi) is 6.74.